The fraction of sp³-hybridized carbons (Fsp3) is 0.333. The molecule has 0 aliphatic carbocycles. The highest BCUT2D eigenvalue weighted by Gasteiger charge is 2.28. The third-order valence-corrected chi connectivity index (χ3v) is 3.92. The molecule has 3 rings (SSSR count). The Bertz CT molecular complexity index is 782. The van der Waals surface area contributed by atoms with E-state index in [9.17, 15) is 9.59 Å². The predicted octanol–water partition coefficient (Wildman–Crippen LogP) is 1.68. The lowest BCUT2D eigenvalue weighted by Gasteiger charge is -2.22. The molecule has 0 unspecified atom stereocenters. The van der Waals surface area contributed by atoms with Crippen molar-refractivity contribution in [2.24, 2.45) is 0 Å². The minimum Gasteiger partial charge on any atom is -0.463 e. The number of benzene rings is 1. The molecule has 2 heterocycles. The first-order valence-electron chi connectivity index (χ1n) is 7.58. The van der Waals surface area contributed by atoms with E-state index in [4.69, 9.17) is 21.5 Å². The van der Waals surface area contributed by atoms with Gasteiger partial charge in [-0.25, -0.2) is 4.79 Å². The molecule has 1 aromatic carbocycles. The Hall–Kier alpha value is -2.65. The molecule has 1 saturated heterocycles. The van der Waals surface area contributed by atoms with Crippen LogP contribution in [0.5, 0.6) is 0 Å². The van der Waals surface area contributed by atoms with Gasteiger partial charge in [-0.05, 0) is 25.1 Å². The van der Waals surface area contributed by atoms with Crippen LogP contribution in [0.1, 0.15) is 17.3 Å². The summed E-state index contributed by atoms with van der Waals surface area (Å²) in [4.78, 5) is 32.3. The molecule has 1 fully saturated rings. The molecule has 1 aliphatic rings. The lowest BCUT2D eigenvalue weighted by molar-refractivity contribution is -0.153. The van der Waals surface area contributed by atoms with Crippen molar-refractivity contribution >= 4 is 23.6 Å². The van der Waals surface area contributed by atoms with Crippen LogP contribution in [-0.4, -0.2) is 67.8 Å². The van der Waals surface area contributed by atoms with E-state index in [1.165, 1.54) is 22.1 Å². The predicted molar refractivity (Wildman–Crippen MR) is 87.6 cm³/mol. The van der Waals surface area contributed by atoms with Gasteiger partial charge in [-0.3, -0.25) is 9.63 Å². The average Bonchev–Trinajstić information content (AvgIpc) is 3.03. The van der Waals surface area contributed by atoms with Crippen molar-refractivity contribution in [1.82, 2.24) is 25.0 Å². The largest absolute Gasteiger partial charge is 0.463 e. The van der Waals surface area contributed by atoms with E-state index in [2.05, 4.69) is 10.2 Å². The number of aromatic nitrogens is 3. The van der Waals surface area contributed by atoms with Crippen LogP contribution in [0.3, 0.4) is 0 Å². The number of nitrogens with zero attached hydrogens (tertiary/aromatic N) is 5. The molecule has 0 spiro atoms. The highest BCUT2D eigenvalue weighted by Crippen LogP contribution is 2.21. The van der Waals surface area contributed by atoms with Crippen molar-refractivity contribution in [2.45, 2.75) is 13.0 Å². The standard InChI is InChI=1S/C15H16ClN5O4/c1-10-9-19(6-7-20(25-10)15(23)24)14(22)12-8-11(16)2-3-13(12)21-17-4-5-18-21/h2-5,8,10H,6-7,9H2,1H3,(H,23,24)/t10-/m0/s1. The van der Waals surface area contributed by atoms with Crippen LogP contribution in [0, 0.1) is 0 Å². The Balaban J connectivity index is 1.90. The zero-order valence-corrected chi connectivity index (χ0v) is 14.1. The van der Waals surface area contributed by atoms with Gasteiger partial charge in [-0.1, -0.05) is 11.6 Å². The summed E-state index contributed by atoms with van der Waals surface area (Å²) in [6, 6.07) is 4.86. The normalized spacial score (nSPS) is 18.1. The number of amides is 2. The van der Waals surface area contributed by atoms with E-state index in [0.717, 1.165) is 5.06 Å². The molecule has 9 nitrogen and oxygen atoms in total. The summed E-state index contributed by atoms with van der Waals surface area (Å²) >= 11 is 6.06. The van der Waals surface area contributed by atoms with Gasteiger partial charge in [-0.15, -0.1) is 0 Å². The number of carbonyl (C=O) groups excluding carboxylic acids is 1. The van der Waals surface area contributed by atoms with Crippen LogP contribution in [0.25, 0.3) is 5.69 Å². The first-order chi connectivity index (χ1) is 12.0. The molecule has 0 bridgehead atoms. The second-order valence-corrected chi connectivity index (χ2v) is 5.97. The molecule has 132 valence electrons. The molecule has 25 heavy (non-hydrogen) atoms. The van der Waals surface area contributed by atoms with Crippen molar-refractivity contribution < 1.29 is 19.5 Å². The number of rotatable bonds is 2. The van der Waals surface area contributed by atoms with Gasteiger partial charge >= 0.3 is 6.09 Å². The second kappa shape index (κ2) is 7.08. The maximum absolute atomic E-state index is 13.0. The summed E-state index contributed by atoms with van der Waals surface area (Å²) in [5.41, 5.74) is 0.826. The number of halogens is 1. The number of hydroxylamine groups is 2. The highest BCUT2D eigenvalue weighted by atomic mass is 35.5. The summed E-state index contributed by atoms with van der Waals surface area (Å²) < 4.78 is 0. The third kappa shape index (κ3) is 3.72. The van der Waals surface area contributed by atoms with E-state index in [1.54, 1.807) is 25.1 Å². The minimum absolute atomic E-state index is 0.0569. The summed E-state index contributed by atoms with van der Waals surface area (Å²) in [6.45, 7) is 2.21. The van der Waals surface area contributed by atoms with Gasteiger partial charge in [0, 0.05) is 18.1 Å². The molecule has 2 amide bonds. The quantitative estimate of drug-likeness (QED) is 0.868. The average molecular weight is 366 g/mol. The topological polar surface area (TPSA) is 101 Å². The van der Waals surface area contributed by atoms with Crippen molar-refractivity contribution in [3.63, 3.8) is 0 Å². The van der Waals surface area contributed by atoms with E-state index in [0.29, 0.717) is 16.3 Å². The van der Waals surface area contributed by atoms with E-state index in [-0.39, 0.29) is 25.5 Å². The Kier molecular flexibility index (Phi) is 4.86. The number of carbonyl (C=O) groups is 2. The Labute approximate surface area is 148 Å². The molecule has 1 N–H and O–H groups in total. The van der Waals surface area contributed by atoms with Gasteiger partial charge in [-0.2, -0.15) is 20.1 Å². The van der Waals surface area contributed by atoms with E-state index >= 15 is 0 Å². The van der Waals surface area contributed by atoms with Gasteiger partial charge in [0.25, 0.3) is 5.91 Å². The van der Waals surface area contributed by atoms with Crippen molar-refractivity contribution in [3.05, 3.63) is 41.2 Å². The molecule has 0 radical (unpaired) electrons. The summed E-state index contributed by atoms with van der Waals surface area (Å²) in [5.74, 6) is -0.294. The molecule has 1 aromatic heterocycles. The van der Waals surface area contributed by atoms with Crippen LogP contribution in [0.2, 0.25) is 5.02 Å². The highest BCUT2D eigenvalue weighted by molar-refractivity contribution is 6.31. The van der Waals surface area contributed by atoms with Gasteiger partial charge in [0.1, 0.15) is 6.10 Å². The lowest BCUT2D eigenvalue weighted by Crippen LogP contribution is -2.37. The van der Waals surface area contributed by atoms with Gasteiger partial charge in [0.15, 0.2) is 0 Å². The van der Waals surface area contributed by atoms with Crippen molar-refractivity contribution in [1.29, 1.82) is 0 Å². The molecule has 1 aliphatic heterocycles. The zero-order valence-electron chi connectivity index (χ0n) is 13.4. The molecule has 0 saturated carbocycles. The summed E-state index contributed by atoms with van der Waals surface area (Å²) in [5, 5.41) is 18.4. The lowest BCUT2D eigenvalue weighted by atomic mass is 10.1. The fourth-order valence-corrected chi connectivity index (χ4v) is 2.78. The zero-order chi connectivity index (χ0) is 18.0. The Morgan fingerprint density at radius 1 is 1.28 bits per heavy atom. The summed E-state index contributed by atoms with van der Waals surface area (Å²) in [7, 11) is 0. The third-order valence-electron chi connectivity index (χ3n) is 3.68. The maximum Gasteiger partial charge on any atom is 0.431 e. The first-order valence-corrected chi connectivity index (χ1v) is 7.96. The number of carboxylic acid groups (broad SMARTS) is 1. The smallest absolute Gasteiger partial charge is 0.431 e. The minimum atomic E-state index is -1.19. The van der Waals surface area contributed by atoms with Crippen LogP contribution in [0.4, 0.5) is 4.79 Å². The SMILES string of the molecule is C[C@H]1CN(C(=O)c2cc(Cl)ccc2-n2nccn2)CCN(C(=O)O)O1. The van der Waals surface area contributed by atoms with Crippen molar-refractivity contribution in [3.8, 4) is 5.69 Å². The van der Waals surface area contributed by atoms with E-state index in [1.807, 2.05) is 0 Å². The molecular formula is C15H16ClN5O4. The summed E-state index contributed by atoms with van der Waals surface area (Å²) in [6.07, 6.45) is 1.36. The first kappa shape index (κ1) is 17.2. The van der Waals surface area contributed by atoms with Gasteiger partial charge in [0.2, 0.25) is 0 Å². The monoisotopic (exact) mass is 365 g/mol. The van der Waals surface area contributed by atoms with Crippen LogP contribution < -0.4 is 0 Å². The Morgan fingerprint density at radius 2 is 2.00 bits per heavy atom. The van der Waals surface area contributed by atoms with Crippen molar-refractivity contribution in [2.75, 3.05) is 19.6 Å². The number of hydrogen-bond acceptors (Lipinski definition) is 5. The second-order valence-electron chi connectivity index (χ2n) is 5.53. The van der Waals surface area contributed by atoms with Crippen LogP contribution in [-0.2, 0) is 4.84 Å². The Morgan fingerprint density at radius 3 is 2.68 bits per heavy atom. The van der Waals surface area contributed by atoms with Crippen LogP contribution >= 0.6 is 11.6 Å². The van der Waals surface area contributed by atoms with E-state index < -0.39 is 12.2 Å². The molecule has 1 atom stereocenters. The maximum atomic E-state index is 13.0. The van der Waals surface area contributed by atoms with Gasteiger partial charge in [0.05, 0.1) is 30.2 Å². The molecular weight excluding hydrogens is 350 g/mol. The fourth-order valence-electron chi connectivity index (χ4n) is 2.61. The molecule has 10 heteroatoms. The van der Waals surface area contributed by atoms with Crippen LogP contribution in [0.15, 0.2) is 30.6 Å². The molecule has 2 aromatic rings. The van der Waals surface area contributed by atoms with Gasteiger partial charge < -0.3 is 10.0 Å². The number of hydrogen-bond donors (Lipinski definition) is 1.